The summed E-state index contributed by atoms with van der Waals surface area (Å²) in [5, 5.41) is 3.40. The predicted molar refractivity (Wildman–Crippen MR) is 66.3 cm³/mol. The molecule has 1 N–H and O–H groups in total. The van der Waals surface area contributed by atoms with Crippen LogP contribution in [0.4, 0.5) is 0 Å². The second-order valence-corrected chi connectivity index (χ2v) is 4.89. The molecule has 0 aromatic rings. The van der Waals surface area contributed by atoms with E-state index in [2.05, 4.69) is 45.1 Å². The lowest BCUT2D eigenvalue weighted by Crippen LogP contribution is -2.30. The highest BCUT2D eigenvalue weighted by Crippen LogP contribution is 1.93. The number of nitrogens with zero attached hydrogens (tertiary/aromatic N) is 1. The van der Waals surface area contributed by atoms with Crippen LogP contribution < -0.4 is 5.32 Å². The normalized spacial score (nSPS) is 13.8. The van der Waals surface area contributed by atoms with Gasteiger partial charge in [-0.3, -0.25) is 0 Å². The van der Waals surface area contributed by atoms with E-state index in [9.17, 15) is 0 Å². The summed E-state index contributed by atoms with van der Waals surface area (Å²) >= 11 is 0. The molecule has 3 nitrogen and oxygen atoms in total. The highest BCUT2D eigenvalue weighted by molar-refractivity contribution is 4.57. The first-order valence-electron chi connectivity index (χ1n) is 5.99. The monoisotopic (exact) mass is 216 g/mol. The van der Waals surface area contributed by atoms with Crippen LogP contribution in [0.3, 0.4) is 0 Å². The summed E-state index contributed by atoms with van der Waals surface area (Å²) in [5.41, 5.74) is 0. The van der Waals surface area contributed by atoms with Crippen LogP contribution in [0, 0.1) is 5.92 Å². The summed E-state index contributed by atoms with van der Waals surface area (Å²) in [6.45, 7) is 10.6. The maximum atomic E-state index is 5.69. The van der Waals surface area contributed by atoms with Gasteiger partial charge in [-0.1, -0.05) is 13.8 Å². The highest BCUT2D eigenvalue weighted by Gasteiger charge is 2.02. The van der Waals surface area contributed by atoms with Crippen molar-refractivity contribution in [1.29, 1.82) is 0 Å². The van der Waals surface area contributed by atoms with Crippen LogP contribution in [0.1, 0.15) is 27.2 Å². The second-order valence-electron chi connectivity index (χ2n) is 4.89. The van der Waals surface area contributed by atoms with Gasteiger partial charge in [0.15, 0.2) is 0 Å². The maximum Gasteiger partial charge on any atom is 0.0671 e. The van der Waals surface area contributed by atoms with Crippen molar-refractivity contribution in [2.75, 3.05) is 40.3 Å². The molecule has 0 aromatic heterocycles. The largest absolute Gasteiger partial charge is 0.377 e. The molecule has 0 amide bonds. The number of rotatable bonds is 9. The Balaban J connectivity index is 3.22. The van der Waals surface area contributed by atoms with Crippen molar-refractivity contribution in [3.8, 4) is 0 Å². The summed E-state index contributed by atoms with van der Waals surface area (Å²) in [6, 6.07) is 0. The van der Waals surface area contributed by atoms with Crippen LogP contribution in [0.15, 0.2) is 0 Å². The molecule has 1 atom stereocenters. The van der Waals surface area contributed by atoms with E-state index in [1.54, 1.807) is 0 Å². The highest BCUT2D eigenvalue weighted by atomic mass is 16.5. The summed E-state index contributed by atoms with van der Waals surface area (Å²) < 4.78 is 5.69. The molecule has 0 saturated carbocycles. The van der Waals surface area contributed by atoms with Crippen LogP contribution in [0.5, 0.6) is 0 Å². The lowest BCUT2D eigenvalue weighted by atomic mass is 10.2. The first kappa shape index (κ1) is 14.9. The fraction of sp³-hybridized carbons (Fsp3) is 1.00. The Morgan fingerprint density at radius 3 is 2.33 bits per heavy atom. The minimum atomic E-state index is 0.325. The van der Waals surface area contributed by atoms with Crippen molar-refractivity contribution < 1.29 is 4.74 Å². The van der Waals surface area contributed by atoms with Crippen molar-refractivity contribution in [2.45, 2.75) is 33.3 Å². The fourth-order valence-electron chi connectivity index (χ4n) is 1.30. The average Bonchev–Trinajstić information content (AvgIpc) is 2.11. The fourth-order valence-corrected chi connectivity index (χ4v) is 1.30. The van der Waals surface area contributed by atoms with Gasteiger partial charge >= 0.3 is 0 Å². The molecule has 0 radical (unpaired) electrons. The molecular weight excluding hydrogens is 188 g/mol. The topological polar surface area (TPSA) is 24.5 Å². The van der Waals surface area contributed by atoms with E-state index in [4.69, 9.17) is 4.74 Å². The van der Waals surface area contributed by atoms with E-state index in [-0.39, 0.29) is 0 Å². The van der Waals surface area contributed by atoms with Gasteiger partial charge in [0, 0.05) is 13.2 Å². The molecule has 0 aliphatic rings. The van der Waals surface area contributed by atoms with E-state index in [1.165, 1.54) is 0 Å². The number of nitrogens with one attached hydrogen (secondary N) is 1. The van der Waals surface area contributed by atoms with Crippen molar-refractivity contribution >= 4 is 0 Å². The van der Waals surface area contributed by atoms with E-state index >= 15 is 0 Å². The van der Waals surface area contributed by atoms with Gasteiger partial charge in [-0.2, -0.15) is 0 Å². The summed E-state index contributed by atoms with van der Waals surface area (Å²) in [7, 11) is 4.18. The number of ether oxygens (including phenoxy) is 1. The first-order chi connectivity index (χ1) is 7.02. The van der Waals surface area contributed by atoms with Gasteiger partial charge in [0.2, 0.25) is 0 Å². The number of hydrogen-bond donors (Lipinski definition) is 1. The lowest BCUT2D eigenvalue weighted by Gasteiger charge is -2.16. The van der Waals surface area contributed by atoms with Crippen LogP contribution >= 0.6 is 0 Å². The van der Waals surface area contributed by atoms with Gasteiger partial charge in [-0.15, -0.1) is 0 Å². The Hall–Kier alpha value is -0.120. The molecule has 92 valence electrons. The van der Waals surface area contributed by atoms with Gasteiger partial charge in [0.05, 0.1) is 6.10 Å². The summed E-state index contributed by atoms with van der Waals surface area (Å²) in [4.78, 5) is 2.19. The molecule has 0 saturated heterocycles. The zero-order valence-corrected chi connectivity index (χ0v) is 11.0. The molecule has 0 rings (SSSR count). The molecule has 0 aliphatic carbocycles. The third kappa shape index (κ3) is 11.8. The SMILES string of the molecule is CC(C)CNCC(C)OCCCN(C)C. The molecule has 0 fully saturated rings. The molecule has 15 heavy (non-hydrogen) atoms. The molecule has 0 spiro atoms. The Morgan fingerprint density at radius 2 is 1.80 bits per heavy atom. The minimum absolute atomic E-state index is 0.325. The van der Waals surface area contributed by atoms with Crippen molar-refractivity contribution in [3.63, 3.8) is 0 Å². The Morgan fingerprint density at radius 1 is 1.13 bits per heavy atom. The zero-order valence-electron chi connectivity index (χ0n) is 11.0. The standard InChI is InChI=1S/C12H28N2O/c1-11(2)9-13-10-12(3)15-8-6-7-14(4)5/h11-13H,6-10H2,1-5H3. The molecule has 3 heteroatoms. The van der Waals surface area contributed by atoms with Crippen LogP contribution in [-0.2, 0) is 4.74 Å². The third-order valence-electron chi connectivity index (χ3n) is 2.14. The maximum absolute atomic E-state index is 5.69. The minimum Gasteiger partial charge on any atom is -0.377 e. The van der Waals surface area contributed by atoms with Crippen molar-refractivity contribution in [3.05, 3.63) is 0 Å². The summed E-state index contributed by atoms with van der Waals surface area (Å²) in [5.74, 6) is 0.714. The predicted octanol–water partition coefficient (Wildman–Crippen LogP) is 1.59. The van der Waals surface area contributed by atoms with Crippen LogP contribution in [0.2, 0.25) is 0 Å². The molecule has 0 aromatic carbocycles. The van der Waals surface area contributed by atoms with Crippen LogP contribution in [0.25, 0.3) is 0 Å². The molecule has 0 heterocycles. The quantitative estimate of drug-likeness (QED) is 0.592. The molecule has 0 aliphatic heterocycles. The average molecular weight is 216 g/mol. The molecule has 1 unspecified atom stereocenters. The first-order valence-corrected chi connectivity index (χ1v) is 5.99. The Labute approximate surface area is 95.2 Å². The van der Waals surface area contributed by atoms with Crippen LogP contribution in [-0.4, -0.2) is 51.3 Å². The van der Waals surface area contributed by atoms with Crippen molar-refractivity contribution in [1.82, 2.24) is 10.2 Å². The Bertz CT molecular complexity index is 138. The molecular formula is C12H28N2O. The van der Waals surface area contributed by atoms with Gasteiger partial charge in [0.1, 0.15) is 0 Å². The van der Waals surface area contributed by atoms with E-state index in [0.29, 0.717) is 12.0 Å². The van der Waals surface area contributed by atoms with Gasteiger partial charge in [-0.05, 0) is 46.4 Å². The smallest absolute Gasteiger partial charge is 0.0671 e. The van der Waals surface area contributed by atoms with E-state index in [1.807, 2.05) is 0 Å². The Kier molecular flexibility index (Phi) is 9.06. The summed E-state index contributed by atoms with van der Waals surface area (Å²) in [6.07, 6.45) is 1.44. The lowest BCUT2D eigenvalue weighted by molar-refractivity contribution is 0.0607. The zero-order chi connectivity index (χ0) is 11.7. The van der Waals surface area contributed by atoms with E-state index in [0.717, 1.165) is 32.7 Å². The third-order valence-corrected chi connectivity index (χ3v) is 2.14. The number of hydrogen-bond acceptors (Lipinski definition) is 3. The van der Waals surface area contributed by atoms with E-state index < -0.39 is 0 Å². The van der Waals surface area contributed by atoms with Crippen molar-refractivity contribution in [2.24, 2.45) is 5.92 Å². The molecule has 0 bridgehead atoms. The van der Waals surface area contributed by atoms with Gasteiger partial charge < -0.3 is 15.0 Å². The second kappa shape index (κ2) is 9.13. The van der Waals surface area contributed by atoms with Gasteiger partial charge in [-0.25, -0.2) is 0 Å². The van der Waals surface area contributed by atoms with Gasteiger partial charge in [0.25, 0.3) is 0 Å².